The van der Waals surface area contributed by atoms with Crippen molar-refractivity contribution in [1.82, 2.24) is 4.90 Å². The summed E-state index contributed by atoms with van der Waals surface area (Å²) in [4.78, 5) is 2.24. The van der Waals surface area contributed by atoms with Crippen LogP contribution >= 0.6 is 11.6 Å². The van der Waals surface area contributed by atoms with Gasteiger partial charge in [-0.05, 0) is 38.1 Å². The van der Waals surface area contributed by atoms with Crippen LogP contribution in [0.2, 0.25) is 5.02 Å². The van der Waals surface area contributed by atoms with Gasteiger partial charge in [-0.15, -0.1) is 0 Å². The number of hydrogen-bond donors (Lipinski definition) is 1. The van der Waals surface area contributed by atoms with Crippen molar-refractivity contribution in [2.24, 2.45) is 0 Å². The highest BCUT2D eigenvalue weighted by Crippen LogP contribution is 2.28. The first-order valence-corrected chi connectivity index (χ1v) is 7.64. The van der Waals surface area contributed by atoms with Crippen molar-refractivity contribution in [3.05, 3.63) is 34.6 Å². The lowest BCUT2D eigenvalue weighted by Crippen LogP contribution is -2.54. The summed E-state index contributed by atoms with van der Waals surface area (Å²) in [6.07, 6.45) is 0.590. The van der Waals surface area contributed by atoms with Crippen molar-refractivity contribution in [1.29, 1.82) is 0 Å². The molecule has 1 rings (SSSR count). The van der Waals surface area contributed by atoms with Crippen LogP contribution in [0.3, 0.4) is 0 Å². The molecule has 1 N–H and O–H groups in total. The lowest BCUT2D eigenvalue weighted by molar-refractivity contribution is -0.0190. The molecule has 0 aliphatic heterocycles. The van der Waals surface area contributed by atoms with Crippen LogP contribution < -0.4 is 0 Å². The summed E-state index contributed by atoms with van der Waals surface area (Å²) in [7, 11) is 0. The summed E-state index contributed by atoms with van der Waals surface area (Å²) in [5, 5.41) is 10.8. The highest BCUT2D eigenvalue weighted by atomic mass is 35.5. The Kier molecular flexibility index (Phi) is 6.44. The molecule has 0 bridgehead atoms. The van der Waals surface area contributed by atoms with Gasteiger partial charge in [-0.25, -0.2) is 4.39 Å². The van der Waals surface area contributed by atoms with Gasteiger partial charge in [-0.2, -0.15) is 0 Å². The summed E-state index contributed by atoms with van der Waals surface area (Å²) in [5.41, 5.74) is 0.324. The number of halogens is 2. The predicted molar refractivity (Wildman–Crippen MR) is 82.7 cm³/mol. The van der Waals surface area contributed by atoms with Crippen molar-refractivity contribution < 1.29 is 9.50 Å². The number of benzene rings is 1. The van der Waals surface area contributed by atoms with Crippen molar-refractivity contribution in [3.63, 3.8) is 0 Å². The molecule has 114 valence electrons. The van der Waals surface area contributed by atoms with Crippen LogP contribution in [0, 0.1) is 5.82 Å². The topological polar surface area (TPSA) is 23.5 Å². The smallest absolute Gasteiger partial charge is 0.142 e. The maximum Gasteiger partial charge on any atom is 0.142 e. The third-order valence-corrected chi connectivity index (χ3v) is 4.79. The first kappa shape index (κ1) is 17.4. The first-order valence-electron chi connectivity index (χ1n) is 7.26. The van der Waals surface area contributed by atoms with E-state index < -0.39 is 11.9 Å². The van der Waals surface area contributed by atoms with Crippen molar-refractivity contribution in [2.45, 2.75) is 52.2 Å². The van der Waals surface area contributed by atoms with Gasteiger partial charge >= 0.3 is 0 Å². The zero-order chi connectivity index (χ0) is 15.3. The molecule has 2 nitrogen and oxygen atoms in total. The quantitative estimate of drug-likeness (QED) is 0.826. The van der Waals surface area contributed by atoms with Gasteiger partial charge in [-0.1, -0.05) is 44.5 Å². The van der Waals surface area contributed by atoms with Crippen LogP contribution in [0.4, 0.5) is 4.39 Å². The Bertz CT molecular complexity index is 436. The van der Waals surface area contributed by atoms with E-state index in [-0.39, 0.29) is 10.6 Å². The van der Waals surface area contributed by atoms with Gasteiger partial charge in [0.25, 0.3) is 0 Å². The van der Waals surface area contributed by atoms with Crippen molar-refractivity contribution in [3.8, 4) is 0 Å². The standard InChI is InChI=1S/C16H25ClFNO/c1-5-16(4,19(6-2)7-3)14(20)11-12-9-8-10-13(18)15(12)17/h8-10,14,20H,5-7,11H2,1-4H3. The fourth-order valence-electron chi connectivity index (χ4n) is 2.75. The van der Waals surface area contributed by atoms with E-state index in [9.17, 15) is 9.50 Å². The largest absolute Gasteiger partial charge is 0.391 e. The van der Waals surface area contributed by atoms with Crippen LogP contribution in [0.15, 0.2) is 18.2 Å². The average Bonchev–Trinajstić information content (AvgIpc) is 2.44. The van der Waals surface area contributed by atoms with E-state index in [2.05, 4.69) is 32.6 Å². The maximum atomic E-state index is 13.5. The Labute approximate surface area is 126 Å². The molecule has 0 radical (unpaired) electrons. The molecular formula is C16H25ClFNO. The summed E-state index contributed by atoms with van der Waals surface area (Å²) in [6, 6.07) is 4.73. The molecule has 0 aliphatic rings. The van der Waals surface area contributed by atoms with Gasteiger partial charge in [-0.3, -0.25) is 4.90 Å². The molecule has 4 heteroatoms. The van der Waals surface area contributed by atoms with Crippen molar-refractivity contribution in [2.75, 3.05) is 13.1 Å². The Morgan fingerprint density at radius 1 is 1.30 bits per heavy atom. The van der Waals surface area contributed by atoms with Crippen LogP contribution in [0.25, 0.3) is 0 Å². The lowest BCUT2D eigenvalue weighted by Gasteiger charge is -2.43. The Morgan fingerprint density at radius 2 is 1.90 bits per heavy atom. The summed E-state index contributed by atoms with van der Waals surface area (Å²) < 4.78 is 13.5. The van der Waals surface area contributed by atoms with Crippen molar-refractivity contribution >= 4 is 11.6 Å². The Balaban J connectivity index is 2.97. The molecular weight excluding hydrogens is 277 g/mol. The van der Waals surface area contributed by atoms with E-state index in [1.807, 2.05) is 0 Å². The van der Waals surface area contributed by atoms with E-state index in [1.165, 1.54) is 6.07 Å². The van der Waals surface area contributed by atoms with E-state index >= 15 is 0 Å². The SMILES string of the molecule is CCN(CC)C(C)(CC)C(O)Cc1cccc(F)c1Cl. The zero-order valence-electron chi connectivity index (χ0n) is 12.8. The molecule has 2 atom stereocenters. The van der Waals surface area contributed by atoms with Crippen LogP contribution in [0.5, 0.6) is 0 Å². The Hall–Kier alpha value is -0.640. The molecule has 1 aromatic rings. The molecule has 0 saturated heterocycles. The van der Waals surface area contributed by atoms with E-state index in [4.69, 9.17) is 11.6 Å². The lowest BCUT2D eigenvalue weighted by atomic mass is 9.85. The fraction of sp³-hybridized carbons (Fsp3) is 0.625. The highest BCUT2D eigenvalue weighted by Gasteiger charge is 2.36. The summed E-state index contributed by atoms with van der Waals surface area (Å²) in [5.74, 6) is -0.433. The molecule has 20 heavy (non-hydrogen) atoms. The average molecular weight is 302 g/mol. The van der Waals surface area contributed by atoms with Gasteiger partial charge in [0.1, 0.15) is 5.82 Å². The Morgan fingerprint density at radius 3 is 2.40 bits per heavy atom. The zero-order valence-corrected chi connectivity index (χ0v) is 13.5. The monoisotopic (exact) mass is 301 g/mol. The normalized spacial score (nSPS) is 16.2. The highest BCUT2D eigenvalue weighted by molar-refractivity contribution is 6.31. The minimum absolute atomic E-state index is 0.115. The number of rotatable bonds is 7. The maximum absolute atomic E-state index is 13.5. The molecule has 0 amide bonds. The van der Waals surface area contributed by atoms with Gasteiger partial charge in [0, 0.05) is 12.0 Å². The molecule has 2 unspecified atom stereocenters. The second kappa shape index (κ2) is 7.39. The van der Waals surface area contributed by atoms with Gasteiger partial charge in [0.2, 0.25) is 0 Å². The molecule has 0 aromatic heterocycles. The van der Waals surface area contributed by atoms with Gasteiger partial charge in [0.05, 0.1) is 11.1 Å². The minimum atomic E-state index is -0.591. The van der Waals surface area contributed by atoms with E-state index in [0.29, 0.717) is 12.0 Å². The first-order chi connectivity index (χ1) is 9.40. The second-order valence-corrected chi connectivity index (χ2v) is 5.69. The number of aliphatic hydroxyl groups excluding tert-OH is 1. The third-order valence-electron chi connectivity index (χ3n) is 4.36. The number of aliphatic hydroxyl groups is 1. The molecule has 0 heterocycles. The summed E-state index contributed by atoms with van der Waals surface area (Å²) >= 11 is 5.98. The van der Waals surface area contributed by atoms with E-state index in [0.717, 1.165) is 19.5 Å². The van der Waals surface area contributed by atoms with Crippen LogP contribution in [-0.4, -0.2) is 34.7 Å². The summed E-state index contributed by atoms with van der Waals surface area (Å²) in [6.45, 7) is 10.0. The molecule has 1 aromatic carbocycles. The predicted octanol–water partition coefficient (Wildman–Crippen LogP) is 3.89. The van der Waals surface area contributed by atoms with E-state index in [1.54, 1.807) is 12.1 Å². The fourth-order valence-corrected chi connectivity index (χ4v) is 2.95. The molecule has 0 aliphatic carbocycles. The van der Waals surface area contributed by atoms with Crippen LogP contribution in [0.1, 0.15) is 39.7 Å². The number of nitrogens with zero attached hydrogens (tertiary/aromatic N) is 1. The molecule has 0 fully saturated rings. The number of likely N-dealkylation sites (N-methyl/N-ethyl adjacent to an activating group) is 1. The van der Waals surface area contributed by atoms with Crippen LogP contribution in [-0.2, 0) is 6.42 Å². The second-order valence-electron chi connectivity index (χ2n) is 5.32. The number of hydrogen-bond acceptors (Lipinski definition) is 2. The minimum Gasteiger partial charge on any atom is -0.391 e. The molecule has 0 saturated carbocycles. The molecule has 0 spiro atoms. The third kappa shape index (κ3) is 3.51. The van der Waals surface area contributed by atoms with Gasteiger partial charge in [0.15, 0.2) is 0 Å². The van der Waals surface area contributed by atoms with Gasteiger partial charge < -0.3 is 5.11 Å².